The van der Waals surface area contributed by atoms with Crippen molar-refractivity contribution < 1.29 is 0 Å². The van der Waals surface area contributed by atoms with Crippen LogP contribution < -0.4 is 0 Å². The molecular weight excluding hydrogens is 673 g/mol. The van der Waals surface area contributed by atoms with Crippen molar-refractivity contribution in [1.29, 1.82) is 0 Å². The maximum absolute atomic E-state index is 2.46. The summed E-state index contributed by atoms with van der Waals surface area (Å²) in [5, 5.41) is 15.6. The van der Waals surface area contributed by atoms with Gasteiger partial charge in [-0.15, -0.1) is 0 Å². The molecule has 0 atom stereocenters. The van der Waals surface area contributed by atoms with Gasteiger partial charge in [-0.2, -0.15) is 0 Å². The highest BCUT2D eigenvalue weighted by atomic mass is 14.2. The molecule has 0 spiro atoms. The van der Waals surface area contributed by atoms with Crippen LogP contribution in [-0.2, 0) is 0 Å². The van der Waals surface area contributed by atoms with Crippen LogP contribution in [0.4, 0.5) is 0 Å². The fourth-order valence-electron chi connectivity index (χ4n) is 9.57. The van der Waals surface area contributed by atoms with Crippen molar-refractivity contribution in [3.63, 3.8) is 0 Å². The summed E-state index contributed by atoms with van der Waals surface area (Å²) < 4.78 is 0. The van der Waals surface area contributed by atoms with E-state index >= 15 is 0 Å². The fraction of sp³-hybridized carbons (Fsp3) is 0. The van der Waals surface area contributed by atoms with Crippen LogP contribution in [0.15, 0.2) is 206 Å². The minimum Gasteiger partial charge on any atom is -0.0622 e. The maximum Gasteiger partial charge on any atom is -0.00206 e. The molecule has 0 aliphatic rings. The Morgan fingerprint density at radius 2 is 0.589 bits per heavy atom. The lowest BCUT2D eigenvalue weighted by Crippen LogP contribution is -1.94. The Balaban J connectivity index is 1.17. The molecule has 0 fully saturated rings. The molecule has 0 saturated carbocycles. The number of hydrogen-bond donors (Lipinski definition) is 0. The largest absolute Gasteiger partial charge is 0.0622 e. The standard InChI is InChI=1S/C56H34/c1-3-9-35(10-4-1)43-25-30-48(47-29-22-42-20-18-38-14-8-16-40-24-32-50(47)56(42)54(38)40)52(33-43)51-34-44(26-28-45(51)36-11-5-2-6-12-36)46-27-21-41-19-17-37-13-7-15-39-23-31-49(46)55(41)53(37)39/h1-34H. The van der Waals surface area contributed by atoms with Gasteiger partial charge in [0.05, 0.1) is 0 Å². The van der Waals surface area contributed by atoms with E-state index < -0.39 is 0 Å². The van der Waals surface area contributed by atoms with Crippen LogP contribution in [0.1, 0.15) is 0 Å². The van der Waals surface area contributed by atoms with Gasteiger partial charge in [0.1, 0.15) is 0 Å². The molecule has 0 aliphatic carbocycles. The van der Waals surface area contributed by atoms with Crippen LogP contribution >= 0.6 is 0 Å². The monoisotopic (exact) mass is 706 g/mol. The summed E-state index contributed by atoms with van der Waals surface area (Å²) in [6, 6.07) is 76.8. The van der Waals surface area contributed by atoms with E-state index in [0.29, 0.717) is 0 Å². The Morgan fingerprint density at radius 3 is 1.20 bits per heavy atom. The van der Waals surface area contributed by atoms with E-state index in [9.17, 15) is 0 Å². The lowest BCUT2D eigenvalue weighted by molar-refractivity contribution is 1.55. The molecule has 12 aromatic rings. The molecule has 0 saturated heterocycles. The normalized spacial score (nSPS) is 11.9. The summed E-state index contributed by atoms with van der Waals surface area (Å²) in [7, 11) is 0. The van der Waals surface area contributed by atoms with Crippen molar-refractivity contribution in [3.05, 3.63) is 206 Å². The zero-order valence-electron chi connectivity index (χ0n) is 30.6. The van der Waals surface area contributed by atoms with E-state index in [4.69, 9.17) is 0 Å². The summed E-state index contributed by atoms with van der Waals surface area (Å²) in [6.45, 7) is 0. The third-order valence-electron chi connectivity index (χ3n) is 12.2. The van der Waals surface area contributed by atoms with E-state index in [2.05, 4.69) is 206 Å². The van der Waals surface area contributed by atoms with Crippen molar-refractivity contribution in [2.75, 3.05) is 0 Å². The smallest absolute Gasteiger partial charge is 0.00206 e. The summed E-state index contributed by atoms with van der Waals surface area (Å²) in [4.78, 5) is 0. The van der Waals surface area contributed by atoms with Crippen molar-refractivity contribution >= 4 is 64.6 Å². The van der Waals surface area contributed by atoms with Gasteiger partial charge >= 0.3 is 0 Å². The predicted octanol–water partition coefficient (Wildman–Crippen LogP) is 15.8. The van der Waals surface area contributed by atoms with Crippen molar-refractivity contribution in [1.82, 2.24) is 0 Å². The first-order chi connectivity index (χ1) is 27.8. The van der Waals surface area contributed by atoms with Gasteiger partial charge in [-0.05, 0) is 132 Å². The SMILES string of the molecule is c1ccc(-c2ccc(-c3ccc4ccc5cccc6ccc3c4c56)c(-c3cc(-c4ccc5ccc6cccc7ccc4c5c67)ccc3-c3ccccc3)c2)cc1. The first-order valence-electron chi connectivity index (χ1n) is 19.5. The molecule has 0 nitrogen and oxygen atoms in total. The molecule has 258 valence electrons. The van der Waals surface area contributed by atoms with Crippen LogP contribution in [-0.4, -0.2) is 0 Å². The molecule has 0 aliphatic heterocycles. The molecule has 0 aromatic heterocycles. The fourth-order valence-corrected chi connectivity index (χ4v) is 9.57. The third-order valence-corrected chi connectivity index (χ3v) is 12.2. The highest BCUT2D eigenvalue weighted by Gasteiger charge is 2.20. The van der Waals surface area contributed by atoms with Crippen LogP contribution in [0.25, 0.3) is 120 Å². The van der Waals surface area contributed by atoms with Crippen molar-refractivity contribution in [3.8, 4) is 55.6 Å². The molecule has 0 N–H and O–H groups in total. The van der Waals surface area contributed by atoms with Gasteiger partial charge in [0, 0.05) is 0 Å². The van der Waals surface area contributed by atoms with Crippen molar-refractivity contribution in [2.24, 2.45) is 0 Å². The minimum absolute atomic E-state index is 1.20. The van der Waals surface area contributed by atoms with Crippen LogP contribution in [0.5, 0.6) is 0 Å². The highest BCUT2D eigenvalue weighted by molar-refractivity contribution is 6.27. The lowest BCUT2D eigenvalue weighted by Gasteiger charge is -2.21. The molecule has 0 unspecified atom stereocenters. The second kappa shape index (κ2) is 12.1. The number of hydrogen-bond acceptors (Lipinski definition) is 0. The predicted molar refractivity (Wildman–Crippen MR) is 241 cm³/mol. The van der Waals surface area contributed by atoms with Crippen LogP contribution in [0.3, 0.4) is 0 Å². The maximum atomic E-state index is 2.46. The Labute approximate surface area is 325 Å². The molecule has 0 bridgehead atoms. The van der Waals surface area contributed by atoms with Gasteiger partial charge in [0.25, 0.3) is 0 Å². The summed E-state index contributed by atoms with van der Waals surface area (Å²) >= 11 is 0. The summed E-state index contributed by atoms with van der Waals surface area (Å²) in [6.07, 6.45) is 0. The van der Waals surface area contributed by atoms with E-state index in [0.717, 1.165) is 0 Å². The quantitative estimate of drug-likeness (QED) is 0.156. The minimum atomic E-state index is 1.20. The molecule has 0 heterocycles. The van der Waals surface area contributed by atoms with Gasteiger partial charge in [0.15, 0.2) is 0 Å². The topological polar surface area (TPSA) is 0 Å². The van der Waals surface area contributed by atoms with Gasteiger partial charge in [0.2, 0.25) is 0 Å². The van der Waals surface area contributed by atoms with Gasteiger partial charge < -0.3 is 0 Å². The van der Waals surface area contributed by atoms with Gasteiger partial charge in [-0.3, -0.25) is 0 Å². The average Bonchev–Trinajstić information content (AvgIpc) is 3.27. The third kappa shape index (κ3) is 4.66. The molecule has 0 radical (unpaired) electrons. The second-order valence-corrected chi connectivity index (χ2v) is 15.2. The second-order valence-electron chi connectivity index (χ2n) is 15.2. The first kappa shape index (κ1) is 31.1. The Hall–Kier alpha value is -7.28. The van der Waals surface area contributed by atoms with E-state index in [-0.39, 0.29) is 0 Å². The summed E-state index contributed by atoms with van der Waals surface area (Å²) in [5.74, 6) is 0. The molecule has 0 heteroatoms. The summed E-state index contributed by atoms with van der Waals surface area (Å²) in [5.41, 5.74) is 12.2. The lowest BCUT2D eigenvalue weighted by atomic mass is 9.83. The van der Waals surface area contributed by atoms with Crippen molar-refractivity contribution in [2.45, 2.75) is 0 Å². The Morgan fingerprint density at radius 1 is 0.179 bits per heavy atom. The molecule has 0 amide bonds. The van der Waals surface area contributed by atoms with Gasteiger partial charge in [-0.25, -0.2) is 0 Å². The average molecular weight is 707 g/mol. The van der Waals surface area contributed by atoms with E-state index in [1.54, 1.807) is 0 Å². The van der Waals surface area contributed by atoms with Gasteiger partial charge in [-0.1, -0.05) is 194 Å². The molecular formula is C56H34. The molecule has 56 heavy (non-hydrogen) atoms. The molecule has 12 aromatic carbocycles. The van der Waals surface area contributed by atoms with Crippen LogP contribution in [0.2, 0.25) is 0 Å². The highest BCUT2D eigenvalue weighted by Crippen LogP contribution is 2.47. The number of benzene rings is 12. The van der Waals surface area contributed by atoms with E-state index in [1.807, 2.05) is 0 Å². The van der Waals surface area contributed by atoms with Crippen LogP contribution in [0, 0.1) is 0 Å². The zero-order valence-corrected chi connectivity index (χ0v) is 30.6. The molecule has 12 rings (SSSR count). The van der Waals surface area contributed by atoms with E-state index in [1.165, 1.54) is 120 Å². The first-order valence-corrected chi connectivity index (χ1v) is 19.5. The number of rotatable bonds is 5. The zero-order chi connectivity index (χ0) is 36.7. The Bertz CT molecular complexity index is 3410. The Kier molecular flexibility index (Phi) is 6.73.